The molecule has 1 saturated heterocycles. The van der Waals surface area contributed by atoms with E-state index in [-0.39, 0.29) is 24.0 Å². The number of guanidine groups is 1. The molecule has 1 rings (SSSR count). The number of hydrogen-bond donors (Lipinski definition) is 2. The molecule has 7 heteroatoms. The molecule has 0 amide bonds. The number of halogens is 1. The van der Waals surface area contributed by atoms with Gasteiger partial charge in [0.1, 0.15) is 0 Å². The SMILES string of the molecule is CCCN1CCC(CNC(=NC)NCCN(C)CCCOC)C1.I. The fourth-order valence-corrected chi connectivity index (χ4v) is 3.02. The van der Waals surface area contributed by atoms with Crippen LogP contribution in [0.3, 0.4) is 0 Å². The highest BCUT2D eigenvalue weighted by molar-refractivity contribution is 14.0. The molecule has 0 bridgehead atoms. The summed E-state index contributed by atoms with van der Waals surface area (Å²) in [6, 6.07) is 0. The highest BCUT2D eigenvalue weighted by Gasteiger charge is 2.21. The molecule has 0 aromatic heterocycles. The van der Waals surface area contributed by atoms with Crippen molar-refractivity contribution in [2.24, 2.45) is 10.9 Å². The molecule has 1 unspecified atom stereocenters. The highest BCUT2D eigenvalue weighted by Crippen LogP contribution is 2.15. The van der Waals surface area contributed by atoms with Crippen LogP contribution in [0, 0.1) is 5.92 Å². The second-order valence-corrected chi connectivity index (χ2v) is 6.48. The summed E-state index contributed by atoms with van der Waals surface area (Å²) < 4.78 is 5.08. The smallest absolute Gasteiger partial charge is 0.191 e. The first-order chi connectivity index (χ1) is 11.2. The monoisotopic (exact) mass is 455 g/mol. The van der Waals surface area contributed by atoms with Crippen LogP contribution in [-0.2, 0) is 4.74 Å². The molecule has 1 atom stereocenters. The van der Waals surface area contributed by atoms with Crippen molar-refractivity contribution in [2.45, 2.75) is 26.2 Å². The maximum Gasteiger partial charge on any atom is 0.191 e. The van der Waals surface area contributed by atoms with Gasteiger partial charge in [-0.05, 0) is 45.3 Å². The Morgan fingerprint density at radius 2 is 2.12 bits per heavy atom. The zero-order valence-corrected chi connectivity index (χ0v) is 18.3. The molecule has 1 aliphatic rings. The number of hydrogen-bond acceptors (Lipinski definition) is 4. The van der Waals surface area contributed by atoms with Crippen LogP contribution in [-0.4, -0.2) is 89.4 Å². The van der Waals surface area contributed by atoms with Gasteiger partial charge >= 0.3 is 0 Å². The topological polar surface area (TPSA) is 52.1 Å². The van der Waals surface area contributed by atoms with Crippen molar-refractivity contribution in [2.75, 3.05) is 73.6 Å². The highest BCUT2D eigenvalue weighted by atomic mass is 127. The van der Waals surface area contributed by atoms with E-state index in [1.54, 1.807) is 7.11 Å². The van der Waals surface area contributed by atoms with Gasteiger partial charge in [-0.15, -0.1) is 24.0 Å². The number of likely N-dealkylation sites (N-methyl/N-ethyl adjacent to an activating group) is 1. The summed E-state index contributed by atoms with van der Waals surface area (Å²) in [6.07, 6.45) is 3.63. The first kappa shape index (κ1) is 23.9. The fourth-order valence-electron chi connectivity index (χ4n) is 3.02. The number of nitrogens with one attached hydrogen (secondary N) is 2. The predicted octanol–water partition coefficient (Wildman–Crippen LogP) is 1.47. The lowest BCUT2D eigenvalue weighted by Crippen LogP contribution is -2.43. The van der Waals surface area contributed by atoms with Crippen molar-refractivity contribution < 1.29 is 4.74 Å². The predicted molar refractivity (Wildman–Crippen MR) is 114 cm³/mol. The number of nitrogens with zero attached hydrogens (tertiary/aromatic N) is 3. The van der Waals surface area contributed by atoms with Crippen molar-refractivity contribution >= 4 is 29.9 Å². The van der Waals surface area contributed by atoms with E-state index in [1.165, 1.54) is 32.5 Å². The standard InChI is InChI=1S/C17H37N5O.HI/c1-5-9-22-11-7-16(15-22)14-20-17(18-2)19-8-12-21(3)10-6-13-23-4;/h16H,5-15H2,1-4H3,(H2,18,19,20);1H. The molecule has 0 radical (unpaired) electrons. The van der Waals surface area contributed by atoms with E-state index in [2.05, 4.69) is 39.4 Å². The van der Waals surface area contributed by atoms with Crippen LogP contribution < -0.4 is 10.6 Å². The second kappa shape index (κ2) is 15.2. The molecule has 1 fully saturated rings. The summed E-state index contributed by atoms with van der Waals surface area (Å²) >= 11 is 0. The molecule has 0 aromatic rings. The molecule has 1 aliphatic heterocycles. The molecular formula is C17H38IN5O. The quantitative estimate of drug-likeness (QED) is 0.214. The van der Waals surface area contributed by atoms with E-state index in [0.29, 0.717) is 0 Å². The lowest BCUT2D eigenvalue weighted by atomic mass is 10.1. The van der Waals surface area contributed by atoms with Gasteiger partial charge in [0.2, 0.25) is 0 Å². The fraction of sp³-hybridized carbons (Fsp3) is 0.941. The average Bonchev–Trinajstić information content (AvgIpc) is 2.99. The number of ether oxygens (including phenoxy) is 1. The minimum atomic E-state index is 0. The maximum absolute atomic E-state index is 5.08. The Bertz CT molecular complexity index is 330. The van der Waals surface area contributed by atoms with Gasteiger partial charge in [-0.2, -0.15) is 0 Å². The Kier molecular flexibility index (Phi) is 15.1. The summed E-state index contributed by atoms with van der Waals surface area (Å²) in [5.41, 5.74) is 0. The third kappa shape index (κ3) is 10.7. The normalized spacial score (nSPS) is 18.7. The summed E-state index contributed by atoms with van der Waals surface area (Å²) in [4.78, 5) is 9.20. The van der Waals surface area contributed by atoms with Crippen LogP contribution in [0.15, 0.2) is 4.99 Å². The third-order valence-electron chi connectivity index (χ3n) is 4.37. The Morgan fingerprint density at radius 1 is 1.33 bits per heavy atom. The Morgan fingerprint density at radius 3 is 2.79 bits per heavy atom. The molecule has 2 N–H and O–H groups in total. The van der Waals surface area contributed by atoms with Gasteiger partial charge in [0.05, 0.1) is 0 Å². The van der Waals surface area contributed by atoms with Crippen LogP contribution in [0.25, 0.3) is 0 Å². The summed E-state index contributed by atoms with van der Waals surface area (Å²) in [7, 11) is 5.74. The van der Waals surface area contributed by atoms with Gasteiger partial charge in [-0.3, -0.25) is 4.99 Å². The van der Waals surface area contributed by atoms with Crippen molar-refractivity contribution in [1.82, 2.24) is 20.4 Å². The van der Waals surface area contributed by atoms with Gasteiger partial charge in [0.15, 0.2) is 5.96 Å². The molecule has 0 aliphatic carbocycles. The lowest BCUT2D eigenvalue weighted by Gasteiger charge is -2.19. The Labute approximate surface area is 165 Å². The molecule has 0 spiro atoms. The number of rotatable bonds is 11. The maximum atomic E-state index is 5.08. The second-order valence-electron chi connectivity index (χ2n) is 6.48. The number of aliphatic imine (C=N–C) groups is 1. The van der Waals surface area contributed by atoms with Crippen LogP contribution >= 0.6 is 24.0 Å². The van der Waals surface area contributed by atoms with Crippen molar-refractivity contribution in [3.63, 3.8) is 0 Å². The van der Waals surface area contributed by atoms with Crippen LogP contribution in [0.4, 0.5) is 0 Å². The van der Waals surface area contributed by atoms with Gasteiger partial charge in [-0.1, -0.05) is 6.92 Å². The zero-order chi connectivity index (χ0) is 16.9. The summed E-state index contributed by atoms with van der Waals surface area (Å²) in [6.45, 7) is 10.8. The largest absolute Gasteiger partial charge is 0.385 e. The van der Waals surface area contributed by atoms with E-state index in [9.17, 15) is 0 Å². The van der Waals surface area contributed by atoms with E-state index in [4.69, 9.17) is 4.74 Å². The summed E-state index contributed by atoms with van der Waals surface area (Å²) in [5.74, 6) is 1.67. The Hall–Kier alpha value is -0.120. The molecule has 0 aromatic carbocycles. The van der Waals surface area contributed by atoms with E-state index < -0.39 is 0 Å². The molecule has 24 heavy (non-hydrogen) atoms. The average molecular weight is 455 g/mol. The molecule has 6 nitrogen and oxygen atoms in total. The van der Waals surface area contributed by atoms with Crippen LogP contribution in [0.1, 0.15) is 26.2 Å². The van der Waals surface area contributed by atoms with E-state index in [1.807, 2.05) is 7.05 Å². The van der Waals surface area contributed by atoms with Gasteiger partial charge < -0.3 is 25.2 Å². The van der Waals surface area contributed by atoms with Crippen molar-refractivity contribution in [3.05, 3.63) is 0 Å². The van der Waals surface area contributed by atoms with Crippen LogP contribution in [0.2, 0.25) is 0 Å². The zero-order valence-electron chi connectivity index (χ0n) is 16.0. The molecule has 144 valence electrons. The minimum absolute atomic E-state index is 0. The third-order valence-corrected chi connectivity index (χ3v) is 4.37. The first-order valence-corrected chi connectivity index (χ1v) is 9.04. The summed E-state index contributed by atoms with van der Waals surface area (Å²) in [5, 5.41) is 6.88. The van der Waals surface area contributed by atoms with E-state index in [0.717, 1.165) is 51.1 Å². The first-order valence-electron chi connectivity index (χ1n) is 9.04. The Balaban J connectivity index is 0.00000529. The van der Waals surface area contributed by atoms with Gasteiger partial charge in [0.25, 0.3) is 0 Å². The van der Waals surface area contributed by atoms with Crippen LogP contribution in [0.5, 0.6) is 0 Å². The number of methoxy groups -OCH3 is 1. The van der Waals surface area contributed by atoms with Gasteiger partial charge in [-0.25, -0.2) is 0 Å². The van der Waals surface area contributed by atoms with Crippen molar-refractivity contribution in [1.29, 1.82) is 0 Å². The molecular weight excluding hydrogens is 417 g/mol. The van der Waals surface area contributed by atoms with Gasteiger partial charge in [0, 0.05) is 53.5 Å². The van der Waals surface area contributed by atoms with Crippen molar-refractivity contribution in [3.8, 4) is 0 Å². The number of likely N-dealkylation sites (tertiary alicyclic amines) is 1. The minimum Gasteiger partial charge on any atom is -0.385 e. The van der Waals surface area contributed by atoms with E-state index >= 15 is 0 Å². The molecule has 1 heterocycles. The lowest BCUT2D eigenvalue weighted by molar-refractivity contribution is 0.180. The molecule has 0 saturated carbocycles.